The number of piperidine rings is 1. The topological polar surface area (TPSA) is 24.5 Å². The van der Waals surface area contributed by atoms with E-state index in [-0.39, 0.29) is 0 Å². The van der Waals surface area contributed by atoms with Gasteiger partial charge in [-0.25, -0.2) is 0 Å². The first kappa shape index (κ1) is 12.7. The third kappa shape index (κ3) is 4.24. The van der Waals surface area contributed by atoms with Gasteiger partial charge < -0.3 is 10.1 Å². The van der Waals surface area contributed by atoms with Gasteiger partial charge in [0.05, 0.1) is 12.7 Å². The van der Waals surface area contributed by atoms with Crippen LogP contribution in [-0.4, -0.2) is 61.3 Å². The molecule has 2 rings (SSSR count). The SMILES string of the molecule is CC1CN(CCSC2CCNCC2)CCO1. The summed E-state index contributed by atoms with van der Waals surface area (Å²) in [6.45, 7) is 9.00. The van der Waals surface area contributed by atoms with Crippen molar-refractivity contribution in [1.82, 2.24) is 10.2 Å². The van der Waals surface area contributed by atoms with Crippen LogP contribution in [0.1, 0.15) is 19.8 Å². The van der Waals surface area contributed by atoms with Crippen molar-refractivity contribution < 1.29 is 4.74 Å². The summed E-state index contributed by atoms with van der Waals surface area (Å²) >= 11 is 2.17. The minimum atomic E-state index is 0.428. The van der Waals surface area contributed by atoms with Crippen molar-refractivity contribution in [1.29, 1.82) is 0 Å². The molecule has 2 fully saturated rings. The summed E-state index contributed by atoms with van der Waals surface area (Å²) in [6.07, 6.45) is 3.13. The zero-order valence-corrected chi connectivity index (χ0v) is 11.1. The van der Waals surface area contributed by atoms with Crippen molar-refractivity contribution >= 4 is 11.8 Å². The van der Waals surface area contributed by atoms with Crippen LogP contribution in [0.4, 0.5) is 0 Å². The van der Waals surface area contributed by atoms with Gasteiger partial charge in [-0.15, -0.1) is 0 Å². The molecule has 2 aliphatic heterocycles. The van der Waals surface area contributed by atoms with Gasteiger partial charge >= 0.3 is 0 Å². The van der Waals surface area contributed by atoms with E-state index in [0.717, 1.165) is 24.9 Å². The maximum absolute atomic E-state index is 5.55. The first-order valence-electron chi connectivity index (χ1n) is 6.51. The molecular formula is C12H24N2OS. The third-order valence-electron chi connectivity index (χ3n) is 3.37. The molecule has 0 amide bonds. The van der Waals surface area contributed by atoms with Crippen molar-refractivity contribution in [2.45, 2.75) is 31.1 Å². The largest absolute Gasteiger partial charge is 0.376 e. The highest BCUT2D eigenvalue weighted by Gasteiger charge is 2.17. The summed E-state index contributed by atoms with van der Waals surface area (Å²) in [5.74, 6) is 1.29. The van der Waals surface area contributed by atoms with Gasteiger partial charge in [0, 0.05) is 30.6 Å². The molecule has 0 aromatic carbocycles. The summed E-state index contributed by atoms with van der Waals surface area (Å²) in [7, 11) is 0. The standard InChI is InChI=1S/C12H24N2OS/c1-11-10-14(6-8-15-11)7-9-16-12-2-4-13-5-3-12/h11-13H,2-10H2,1H3. The van der Waals surface area contributed by atoms with Crippen LogP contribution in [-0.2, 0) is 4.74 Å². The Kier molecular flexibility index (Phi) is 5.42. The number of morpholine rings is 1. The maximum atomic E-state index is 5.55. The molecule has 2 heterocycles. The average Bonchev–Trinajstić information content (AvgIpc) is 2.30. The second kappa shape index (κ2) is 6.84. The molecule has 0 aliphatic carbocycles. The number of rotatable bonds is 4. The van der Waals surface area contributed by atoms with E-state index in [0.29, 0.717) is 6.10 Å². The molecule has 1 atom stereocenters. The number of hydrogen-bond acceptors (Lipinski definition) is 4. The minimum absolute atomic E-state index is 0.428. The lowest BCUT2D eigenvalue weighted by Gasteiger charge is -2.31. The van der Waals surface area contributed by atoms with Gasteiger partial charge in [0.25, 0.3) is 0 Å². The Balaban J connectivity index is 1.56. The Hall–Kier alpha value is 0.230. The molecule has 0 spiro atoms. The lowest BCUT2D eigenvalue weighted by Crippen LogP contribution is -2.42. The van der Waals surface area contributed by atoms with E-state index in [4.69, 9.17) is 4.74 Å². The van der Waals surface area contributed by atoms with E-state index in [9.17, 15) is 0 Å². The fourth-order valence-electron chi connectivity index (χ4n) is 2.40. The molecule has 0 aromatic rings. The second-order valence-corrected chi connectivity index (χ2v) is 6.21. The summed E-state index contributed by atoms with van der Waals surface area (Å²) in [4.78, 5) is 2.54. The maximum Gasteiger partial charge on any atom is 0.0674 e. The molecule has 16 heavy (non-hydrogen) atoms. The molecule has 2 saturated heterocycles. The Bertz CT molecular complexity index is 197. The Morgan fingerprint density at radius 1 is 1.38 bits per heavy atom. The van der Waals surface area contributed by atoms with E-state index >= 15 is 0 Å². The lowest BCUT2D eigenvalue weighted by molar-refractivity contribution is -0.0158. The van der Waals surface area contributed by atoms with Gasteiger partial charge in [-0.2, -0.15) is 11.8 Å². The molecule has 0 aromatic heterocycles. The number of hydrogen-bond donors (Lipinski definition) is 1. The van der Waals surface area contributed by atoms with Gasteiger partial charge in [0.1, 0.15) is 0 Å². The summed E-state index contributed by atoms with van der Waals surface area (Å²) in [5, 5.41) is 4.32. The predicted molar refractivity (Wildman–Crippen MR) is 70.2 cm³/mol. The normalized spacial score (nSPS) is 29.4. The Morgan fingerprint density at radius 3 is 2.94 bits per heavy atom. The average molecular weight is 244 g/mol. The van der Waals surface area contributed by atoms with Crippen molar-refractivity contribution in [2.24, 2.45) is 0 Å². The van der Waals surface area contributed by atoms with Crippen molar-refractivity contribution in [3.63, 3.8) is 0 Å². The Morgan fingerprint density at radius 2 is 2.19 bits per heavy atom. The van der Waals surface area contributed by atoms with Crippen LogP contribution in [0.15, 0.2) is 0 Å². The van der Waals surface area contributed by atoms with E-state index < -0.39 is 0 Å². The van der Waals surface area contributed by atoms with E-state index in [1.54, 1.807) is 0 Å². The molecule has 3 nitrogen and oxygen atoms in total. The number of ether oxygens (including phenoxy) is 1. The van der Waals surface area contributed by atoms with Crippen molar-refractivity contribution in [3.8, 4) is 0 Å². The molecule has 0 bridgehead atoms. The van der Waals surface area contributed by atoms with Crippen LogP contribution in [0.5, 0.6) is 0 Å². The lowest BCUT2D eigenvalue weighted by atomic mass is 10.2. The molecule has 0 saturated carbocycles. The molecule has 4 heteroatoms. The summed E-state index contributed by atoms with van der Waals surface area (Å²) in [5.41, 5.74) is 0. The molecule has 2 aliphatic rings. The number of nitrogens with one attached hydrogen (secondary N) is 1. The smallest absolute Gasteiger partial charge is 0.0674 e. The molecule has 0 radical (unpaired) electrons. The highest BCUT2D eigenvalue weighted by Crippen LogP contribution is 2.20. The van der Waals surface area contributed by atoms with Gasteiger partial charge in [0.2, 0.25) is 0 Å². The molecule has 94 valence electrons. The van der Waals surface area contributed by atoms with Gasteiger partial charge in [-0.1, -0.05) is 0 Å². The highest BCUT2D eigenvalue weighted by atomic mass is 32.2. The monoisotopic (exact) mass is 244 g/mol. The minimum Gasteiger partial charge on any atom is -0.376 e. The summed E-state index contributed by atoms with van der Waals surface area (Å²) < 4.78 is 5.55. The van der Waals surface area contributed by atoms with Crippen molar-refractivity contribution in [3.05, 3.63) is 0 Å². The second-order valence-electron chi connectivity index (χ2n) is 4.80. The fraction of sp³-hybridized carbons (Fsp3) is 1.00. The number of nitrogens with zero attached hydrogens (tertiary/aromatic N) is 1. The Labute approximate surface area is 103 Å². The van der Waals surface area contributed by atoms with Crippen molar-refractivity contribution in [2.75, 3.05) is 45.1 Å². The van der Waals surface area contributed by atoms with Gasteiger partial charge in [0.15, 0.2) is 0 Å². The highest BCUT2D eigenvalue weighted by molar-refractivity contribution is 7.99. The molecule has 1 N–H and O–H groups in total. The fourth-order valence-corrected chi connectivity index (χ4v) is 3.67. The zero-order chi connectivity index (χ0) is 11.2. The van der Waals surface area contributed by atoms with E-state index in [2.05, 4.69) is 28.9 Å². The van der Waals surface area contributed by atoms with Crippen LogP contribution in [0, 0.1) is 0 Å². The number of thioether (sulfide) groups is 1. The third-order valence-corrected chi connectivity index (χ3v) is 4.73. The van der Waals surface area contributed by atoms with Gasteiger partial charge in [-0.3, -0.25) is 4.90 Å². The van der Waals surface area contributed by atoms with Crippen LogP contribution >= 0.6 is 11.8 Å². The summed E-state index contributed by atoms with van der Waals surface area (Å²) in [6, 6.07) is 0. The zero-order valence-electron chi connectivity index (χ0n) is 10.3. The van der Waals surface area contributed by atoms with E-state index in [1.165, 1.54) is 38.2 Å². The van der Waals surface area contributed by atoms with Crippen LogP contribution < -0.4 is 5.32 Å². The first-order chi connectivity index (χ1) is 7.84. The molecule has 1 unspecified atom stereocenters. The van der Waals surface area contributed by atoms with Gasteiger partial charge in [-0.05, 0) is 32.9 Å². The van der Waals surface area contributed by atoms with E-state index in [1.807, 2.05) is 0 Å². The molecular weight excluding hydrogens is 220 g/mol. The van der Waals surface area contributed by atoms with Crippen LogP contribution in [0.25, 0.3) is 0 Å². The predicted octanol–water partition coefficient (Wildman–Crippen LogP) is 1.19. The first-order valence-corrected chi connectivity index (χ1v) is 7.56. The quantitative estimate of drug-likeness (QED) is 0.803. The van der Waals surface area contributed by atoms with Crippen LogP contribution in [0.3, 0.4) is 0 Å². The van der Waals surface area contributed by atoms with Crippen LogP contribution in [0.2, 0.25) is 0 Å².